The number of hydrogen-bond donors (Lipinski definition) is 1. The Bertz CT molecular complexity index is 10.0. The lowest BCUT2D eigenvalue weighted by atomic mass is 11.6. The molecule has 0 radical (unpaired) electrons. The molecule has 0 aromatic heterocycles. The molecule has 0 aliphatic rings. The van der Waals surface area contributed by atoms with E-state index in [9.17, 15) is 4.89 Å². The van der Waals surface area contributed by atoms with Crippen LogP contribution < -0.4 is 9.98 Å². The number of hydrogen-bond acceptors (Lipinski definition) is 2. The predicted octanol–water partition coefficient (Wildman–Crippen LogP) is -1.19. The third kappa shape index (κ3) is 2.35. The molecule has 0 amide bonds. The zero-order valence-electron chi connectivity index (χ0n) is 2.49. The minimum atomic E-state index is -0.718. The van der Waals surface area contributed by atoms with Crippen LogP contribution in [0.2, 0.25) is 0 Å². The Labute approximate surface area is 27.1 Å². The highest BCUT2D eigenvalue weighted by atomic mass is 31.1. The van der Waals surface area contributed by atoms with Gasteiger partial charge < -0.3 is 4.89 Å². The molecule has 0 rings (SSSR count). The normalized spacial score (nSPS) is 10.5. The maximum absolute atomic E-state index is 9.27. The largest absolute Gasteiger partial charge is 0.669 e. The Morgan fingerprint density at radius 3 is 2.25 bits per heavy atom. The second kappa shape index (κ2) is 3.35. The third-order valence-electron chi connectivity index (χ3n) is 0.118. The zero-order valence-corrected chi connectivity index (χ0v) is 3.64. The highest BCUT2D eigenvalue weighted by Crippen LogP contribution is 1.73. The van der Waals surface area contributed by atoms with E-state index in [0.29, 0.717) is 0 Å². The molecule has 0 aliphatic carbocycles. The van der Waals surface area contributed by atoms with Crippen molar-refractivity contribution in [1.82, 2.24) is 5.09 Å². The molecule has 0 bridgehead atoms. The van der Waals surface area contributed by atoms with Gasteiger partial charge in [0.2, 0.25) is 0 Å². The molecule has 0 saturated heterocycles. The zero-order chi connectivity index (χ0) is 3.41. The Morgan fingerprint density at radius 1 is 2.00 bits per heavy atom. The summed E-state index contributed by atoms with van der Waals surface area (Å²) < 4.78 is 0. The quantitative estimate of drug-likeness (QED) is 0.401. The second-order valence-electron chi connectivity index (χ2n) is 0.407. The highest BCUT2D eigenvalue weighted by Gasteiger charge is 1.48. The van der Waals surface area contributed by atoms with Crippen molar-refractivity contribution >= 4 is 8.96 Å². The Balaban J connectivity index is 1.97. The van der Waals surface area contributed by atoms with E-state index in [0.717, 1.165) is 0 Å². The van der Waals surface area contributed by atoms with E-state index in [2.05, 4.69) is 5.09 Å². The summed E-state index contributed by atoms with van der Waals surface area (Å²) in [5, 5.41) is 2.46. The lowest BCUT2D eigenvalue weighted by Gasteiger charge is -1.81. The third-order valence-corrected chi connectivity index (χ3v) is 0.354. The van der Waals surface area contributed by atoms with Gasteiger partial charge in [0.15, 0.2) is 0 Å². The number of nitrogens with one attached hydrogen (secondary N) is 1. The van der Waals surface area contributed by atoms with Gasteiger partial charge in [0.05, 0.1) is 0 Å². The monoisotopic (exact) mass is 79.0 g/mol. The van der Waals surface area contributed by atoms with E-state index < -0.39 is 8.96 Å². The summed E-state index contributed by atoms with van der Waals surface area (Å²) in [5.41, 5.74) is 0. The van der Waals surface area contributed by atoms with Crippen molar-refractivity contribution in [2.75, 3.05) is 7.05 Å². The minimum Gasteiger partial charge on any atom is -0.669 e. The molecule has 0 fully saturated rings. The van der Waals surface area contributed by atoms with Gasteiger partial charge in [0.1, 0.15) is 0 Å². The van der Waals surface area contributed by atoms with Crippen LogP contribution in [0.3, 0.4) is 0 Å². The first-order chi connectivity index (χ1) is 1.91. The molecular formula is CH6NOP. The van der Waals surface area contributed by atoms with Crippen LogP contribution >= 0.6 is 8.96 Å². The maximum Gasteiger partial charge on any atom is 0.0181 e. The van der Waals surface area contributed by atoms with Crippen LogP contribution in [0.5, 0.6) is 0 Å². The Morgan fingerprint density at radius 2 is 2.25 bits per heavy atom. The van der Waals surface area contributed by atoms with Crippen molar-refractivity contribution in [3.05, 3.63) is 0 Å². The van der Waals surface area contributed by atoms with Gasteiger partial charge in [0, 0.05) is 16.0 Å². The van der Waals surface area contributed by atoms with E-state index >= 15 is 0 Å². The van der Waals surface area contributed by atoms with Crippen LogP contribution in [0.15, 0.2) is 0 Å². The molecule has 4 heavy (non-hydrogen) atoms. The molecule has 1 N–H and O–H groups in total. The average molecular weight is 79.0 g/mol. The summed E-state index contributed by atoms with van der Waals surface area (Å²) in [6.45, 7) is 0. The molecule has 0 spiro atoms. The van der Waals surface area contributed by atoms with E-state index in [-0.39, 0.29) is 0 Å². The minimum absolute atomic E-state index is 0.718. The summed E-state index contributed by atoms with van der Waals surface area (Å²) in [5.74, 6) is 0. The van der Waals surface area contributed by atoms with Gasteiger partial charge in [0.25, 0.3) is 0 Å². The van der Waals surface area contributed by atoms with Gasteiger partial charge >= 0.3 is 0 Å². The SMILES string of the molecule is CN[PH2+][O-]. The molecule has 0 heterocycles. The van der Waals surface area contributed by atoms with Gasteiger partial charge in [-0.25, -0.2) is 5.09 Å². The molecule has 3 heteroatoms. The Kier molecular flexibility index (Phi) is 3.64. The van der Waals surface area contributed by atoms with E-state index in [1.54, 1.807) is 7.05 Å². The lowest BCUT2D eigenvalue weighted by Crippen LogP contribution is -1.95. The fourth-order valence-electron chi connectivity index (χ4n) is 0. The average Bonchev–Trinajstić information content (AvgIpc) is 1.37. The van der Waals surface area contributed by atoms with Crippen LogP contribution in [0.4, 0.5) is 0 Å². The van der Waals surface area contributed by atoms with Crippen molar-refractivity contribution in [1.29, 1.82) is 0 Å². The topological polar surface area (TPSA) is 35.1 Å². The van der Waals surface area contributed by atoms with Crippen LogP contribution in [0.25, 0.3) is 0 Å². The lowest BCUT2D eigenvalue weighted by molar-refractivity contribution is -0.152. The standard InChI is InChI=1S/CH6NOP/c1-2-4-3/h2H,4H2,1H3. The van der Waals surface area contributed by atoms with Crippen LogP contribution in [-0.4, -0.2) is 7.05 Å². The summed E-state index contributed by atoms with van der Waals surface area (Å²) in [7, 11) is 0.937. The van der Waals surface area contributed by atoms with Gasteiger partial charge in [-0.3, -0.25) is 0 Å². The summed E-state index contributed by atoms with van der Waals surface area (Å²) in [6.07, 6.45) is 0. The first-order valence-electron chi connectivity index (χ1n) is 1.02. The van der Waals surface area contributed by atoms with Gasteiger partial charge in [-0.1, -0.05) is 0 Å². The van der Waals surface area contributed by atoms with E-state index in [1.165, 1.54) is 0 Å². The van der Waals surface area contributed by atoms with E-state index in [1.807, 2.05) is 0 Å². The molecule has 2 nitrogen and oxygen atoms in total. The second-order valence-corrected chi connectivity index (χ2v) is 1.22. The maximum atomic E-state index is 9.27. The van der Waals surface area contributed by atoms with Gasteiger partial charge in [-0.15, -0.1) is 0 Å². The van der Waals surface area contributed by atoms with Crippen LogP contribution in [-0.2, 0) is 0 Å². The molecule has 0 aromatic carbocycles. The molecule has 26 valence electrons. The number of rotatable bonds is 1. The smallest absolute Gasteiger partial charge is 0.0181 e. The predicted molar refractivity (Wildman–Crippen MR) is 18.8 cm³/mol. The molecular weight excluding hydrogens is 73.0 g/mol. The van der Waals surface area contributed by atoms with E-state index in [4.69, 9.17) is 0 Å². The van der Waals surface area contributed by atoms with Crippen molar-refractivity contribution < 1.29 is 4.89 Å². The first kappa shape index (κ1) is 4.35. The highest BCUT2D eigenvalue weighted by molar-refractivity contribution is 7.26. The van der Waals surface area contributed by atoms with Crippen molar-refractivity contribution in [2.24, 2.45) is 0 Å². The molecule has 1 atom stereocenters. The van der Waals surface area contributed by atoms with Crippen LogP contribution in [0.1, 0.15) is 0 Å². The summed E-state index contributed by atoms with van der Waals surface area (Å²) >= 11 is 0. The fourth-order valence-corrected chi connectivity index (χ4v) is 0. The fraction of sp³-hybridized carbons (Fsp3) is 1.00. The van der Waals surface area contributed by atoms with Crippen molar-refractivity contribution in [3.63, 3.8) is 0 Å². The molecule has 0 aromatic rings. The van der Waals surface area contributed by atoms with Crippen LogP contribution in [0, 0.1) is 0 Å². The molecule has 1 unspecified atom stereocenters. The Hall–Kier alpha value is 0.350. The summed E-state index contributed by atoms with van der Waals surface area (Å²) in [4.78, 5) is 9.27. The van der Waals surface area contributed by atoms with Crippen molar-refractivity contribution in [2.45, 2.75) is 0 Å². The van der Waals surface area contributed by atoms with Crippen molar-refractivity contribution in [3.8, 4) is 0 Å². The van der Waals surface area contributed by atoms with Gasteiger partial charge in [-0.2, -0.15) is 0 Å². The molecule has 0 aliphatic heterocycles. The molecule has 0 saturated carbocycles. The summed E-state index contributed by atoms with van der Waals surface area (Å²) in [6, 6.07) is 0. The van der Waals surface area contributed by atoms with Gasteiger partial charge in [-0.05, 0) is 0 Å². The first-order valence-corrected chi connectivity index (χ1v) is 2.07.